The van der Waals surface area contributed by atoms with Crippen molar-refractivity contribution in [3.05, 3.63) is 0 Å². The Bertz CT molecular complexity index is 75.7. The first-order chi connectivity index (χ1) is 4.83. The molecule has 0 saturated carbocycles. The summed E-state index contributed by atoms with van der Waals surface area (Å²) in [7, 11) is 0. The van der Waals surface area contributed by atoms with E-state index in [4.69, 9.17) is 4.74 Å². The van der Waals surface area contributed by atoms with Gasteiger partial charge in [0.25, 0.3) is 0 Å². The second-order valence-corrected chi connectivity index (χ2v) is 3.54. The average molecular weight is 256 g/mol. The summed E-state index contributed by atoms with van der Waals surface area (Å²) >= 11 is 2.35. The molecule has 0 bridgehead atoms. The topological polar surface area (TPSA) is 9.23 Å². The van der Waals surface area contributed by atoms with Gasteiger partial charge in [-0.05, 0) is 19.3 Å². The van der Waals surface area contributed by atoms with Crippen LogP contribution in [0.4, 0.5) is 0 Å². The van der Waals surface area contributed by atoms with Crippen molar-refractivity contribution in [2.24, 2.45) is 0 Å². The van der Waals surface area contributed by atoms with Crippen LogP contribution in [0.3, 0.4) is 0 Å². The van der Waals surface area contributed by atoms with E-state index in [9.17, 15) is 0 Å². The Hall–Kier alpha value is 0.690. The maximum atomic E-state index is 5.50. The Kier molecular flexibility index (Phi) is 6.85. The number of halogens is 1. The molecular formula is C8H17IO. The van der Waals surface area contributed by atoms with E-state index >= 15 is 0 Å². The fourth-order valence-electron chi connectivity index (χ4n) is 0.962. The highest BCUT2D eigenvalue weighted by atomic mass is 127. The van der Waals surface area contributed by atoms with Crippen LogP contribution in [0.2, 0.25) is 0 Å². The molecule has 10 heavy (non-hydrogen) atoms. The van der Waals surface area contributed by atoms with Gasteiger partial charge in [0.05, 0.1) is 6.10 Å². The van der Waals surface area contributed by atoms with Crippen LogP contribution in [-0.2, 0) is 4.74 Å². The minimum Gasteiger partial charge on any atom is -0.365 e. The van der Waals surface area contributed by atoms with Crippen LogP contribution in [0, 0.1) is 0 Å². The Morgan fingerprint density at radius 2 is 2.00 bits per heavy atom. The number of hydrogen-bond acceptors (Lipinski definition) is 1. The first-order valence-electron chi connectivity index (χ1n) is 4.12. The molecule has 1 fully saturated rings. The van der Waals surface area contributed by atoms with Crippen molar-refractivity contribution < 1.29 is 4.74 Å². The van der Waals surface area contributed by atoms with E-state index < -0.39 is 0 Å². The van der Waals surface area contributed by atoms with Crippen molar-refractivity contribution in [2.75, 3.05) is 0 Å². The Morgan fingerprint density at radius 1 is 1.40 bits per heavy atom. The number of hydrogen-bond donors (Lipinski definition) is 0. The molecule has 0 aromatic carbocycles. The maximum Gasteiger partial charge on any atom is 0.109 e. The van der Waals surface area contributed by atoms with Crippen molar-refractivity contribution in [1.29, 1.82) is 0 Å². The molecule has 2 atom stereocenters. The van der Waals surface area contributed by atoms with Gasteiger partial charge in [-0.2, -0.15) is 0 Å². The van der Waals surface area contributed by atoms with Gasteiger partial charge in [-0.25, -0.2) is 0 Å². The first-order valence-corrected chi connectivity index (χ1v) is 5.37. The Labute approximate surface area is 77.7 Å². The molecule has 2 heteroatoms. The molecular weight excluding hydrogens is 239 g/mol. The molecule has 0 N–H and O–H groups in total. The van der Waals surface area contributed by atoms with Gasteiger partial charge in [0.1, 0.15) is 4.11 Å². The average Bonchev–Trinajstić information content (AvgIpc) is 2.40. The summed E-state index contributed by atoms with van der Waals surface area (Å²) in [6, 6.07) is 0. The minimum atomic E-state index is 0.498. The van der Waals surface area contributed by atoms with Gasteiger partial charge in [0.2, 0.25) is 0 Å². The van der Waals surface area contributed by atoms with Gasteiger partial charge in [0, 0.05) is 0 Å². The van der Waals surface area contributed by atoms with E-state index in [1.54, 1.807) is 0 Å². The third-order valence-electron chi connectivity index (χ3n) is 1.51. The quantitative estimate of drug-likeness (QED) is 0.516. The molecule has 0 aliphatic carbocycles. The smallest absolute Gasteiger partial charge is 0.109 e. The fraction of sp³-hybridized carbons (Fsp3) is 1.00. The van der Waals surface area contributed by atoms with E-state index in [0.717, 1.165) is 0 Å². The molecule has 1 rings (SSSR count). The minimum absolute atomic E-state index is 0.498. The number of alkyl halides is 1. The van der Waals surface area contributed by atoms with Crippen molar-refractivity contribution in [1.82, 2.24) is 0 Å². The van der Waals surface area contributed by atoms with E-state index in [0.29, 0.717) is 10.2 Å². The van der Waals surface area contributed by atoms with Crippen LogP contribution in [-0.4, -0.2) is 10.2 Å². The summed E-state index contributed by atoms with van der Waals surface area (Å²) in [5, 5.41) is 0. The lowest BCUT2D eigenvalue weighted by molar-refractivity contribution is 0.0980. The summed E-state index contributed by atoms with van der Waals surface area (Å²) in [5.74, 6) is 0. The molecule has 1 heterocycles. The van der Waals surface area contributed by atoms with Gasteiger partial charge in [-0.3, -0.25) is 0 Å². The first kappa shape index (κ1) is 10.7. The molecule has 1 aliphatic heterocycles. The highest BCUT2D eigenvalue weighted by Crippen LogP contribution is 2.25. The molecule has 1 nitrogen and oxygen atoms in total. The van der Waals surface area contributed by atoms with E-state index in [1.165, 1.54) is 19.3 Å². The molecule has 0 aromatic heterocycles. The fourth-order valence-corrected chi connectivity index (χ4v) is 1.74. The molecule has 2 unspecified atom stereocenters. The van der Waals surface area contributed by atoms with Gasteiger partial charge in [-0.15, -0.1) is 0 Å². The summed E-state index contributed by atoms with van der Waals surface area (Å²) in [5.41, 5.74) is 0. The zero-order valence-corrected chi connectivity index (χ0v) is 9.22. The third kappa shape index (κ3) is 3.76. The van der Waals surface area contributed by atoms with Crippen LogP contribution >= 0.6 is 22.6 Å². The molecule has 0 radical (unpaired) electrons. The van der Waals surface area contributed by atoms with E-state index in [2.05, 4.69) is 29.5 Å². The van der Waals surface area contributed by atoms with Crippen LogP contribution in [0.5, 0.6) is 0 Å². The zero-order valence-electron chi connectivity index (χ0n) is 7.06. The van der Waals surface area contributed by atoms with Crippen molar-refractivity contribution in [2.45, 2.75) is 50.2 Å². The second kappa shape index (κ2) is 6.40. The van der Waals surface area contributed by atoms with Crippen LogP contribution < -0.4 is 0 Å². The second-order valence-electron chi connectivity index (χ2n) is 2.15. The van der Waals surface area contributed by atoms with Crippen LogP contribution in [0.1, 0.15) is 40.0 Å². The lowest BCUT2D eigenvalue weighted by atomic mass is 10.2. The number of ether oxygens (including phenoxy) is 1. The maximum absolute atomic E-state index is 5.50. The van der Waals surface area contributed by atoms with Crippen molar-refractivity contribution >= 4 is 22.6 Å². The molecule has 1 aliphatic rings. The standard InChI is InChI=1S/C6H11IO.C2H6/c1-2-5-3-4-6(7)8-5;1-2/h5-6H,2-4H2,1H3;1-2H3. The Morgan fingerprint density at radius 3 is 2.20 bits per heavy atom. The SMILES string of the molecule is CC.CCC1CCC(I)O1. The Balaban J connectivity index is 0.000000371. The molecule has 0 aromatic rings. The van der Waals surface area contributed by atoms with Gasteiger partial charge in [0.15, 0.2) is 0 Å². The van der Waals surface area contributed by atoms with Crippen molar-refractivity contribution in [3.8, 4) is 0 Å². The lowest BCUT2D eigenvalue weighted by Gasteiger charge is -2.04. The largest absolute Gasteiger partial charge is 0.365 e. The summed E-state index contributed by atoms with van der Waals surface area (Å²) in [4.78, 5) is 0. The summed E-state index contributed by atoms with van der Waals surface area (Å²) < 4.78 is 5.99. The highest BCUT2D eigenvalue weighted by Gasteiger charge is 2.20. The van der Waals surface area contributed by atoms with Crippen molar-refractivity contribution in [3.63, 3.8) is 0 Å². The van der Waals surface area contributed by atoms with Crippen LogP contribution in [0.15, 0.2) is 0 Å². The van der Waals surface area contributed by atoms with Gasteiger partial charge < -0.3 is 4.74 Å². The summed E-state index contributed by atoms with van der Waals surface area (Å²) in [6.45, 7) is 6.18. The zero-order chi connectivity index (χ0) is 7.98. The predicted octanol–water partition coefficient (Wildman–Crippen LogP) is 3.36. The molecule has 0 spiro atoms. The predicted molar refractivity (Wildman–Crippen MR) is 53.6 cm³/mol. The molecule has 1 saturated heterocycles. The van der Waals surface area contributed by atoms with E-state index in [1.807, 2.05) is 13.8 Å². The third-order valence-corrected chi connectivity index (χ3v) is 2.43. The highest BCUT2D eigenvalue weighted by molar-refractivity contribution is 14.1. The van der Waals surface area contributed by atoms with E-state index in [-0.39, 0.29) is 0 Å². The van der Waals surface area contributed by atoms with Crippen LogP contribution in [0.25, 0.3) is 0 Å². The number of rotatable bonds is 1. The molecule has 62 valence electrons. The monoisotopic (exact) mass is 256 g/mol. The van der Waals surface area contributed by atoms with Gasteiger partial charge in [-0.1, -0.05) is 43.4 Å². The molecule has 0 amide bonds. The summed E-state index contributed by atoms with van der Waals surface area (Å²) in [6.07, 6.45) is 4.26. The van der Waals surface area contributed by atoms with Gasteiger partial charge >= 0.3 is 0 Å². The normalized spacial score (nSPS) is 31.2. The lowest BCUT2D eigenvalue weighted by Crippen LogP contribution is -2.03.